The number of benzene rings is 1. The molecule has 0 aliphatic heterocycles. The van der Waals surface area contributed by atoms with Crippen LogP contribution in [-0.2, 0) is 0 Å². The van der Waals surface area contributed by atoms with E-state index in [0.29, 0.717) is 0 Å². The minimum atomic E-state index is -0.00694. The van der Waals surface area contributed by atoms with Gasteiger partial charge in [0.1, 0.15) is 0 Å². The van der Waals surface area contributed by atoms with Crippen molar-refractivity contribution in [1.82, 2.24) is 15.3 Å². The molecule has 0 fully saturated rings. The molecule has 0 bridgehead atoms. The Balaban J connectivity index is 2.18. The first-order chi connectivity index (χ1) is 10.5. The minimum Gasteiger partial charge on any atom is -0.358 e. The number of hydrogen-bond donors (Lipinski definition) is 2. The van der Waals surface area contributed by atoms with Gasteiger partial charge in [0, 0.05) is 33.9 Å². The Morgan fingerprint density at radius 3 is 2.45 bits per heavy atom. The number of aromatic nitrogens is 2. The maximum absolute atomic E-state index is 4.59. The Hall–Kier alpha value is -2.13. The third kappa shape index (κ3) is 2.90. The summed E-state index contributed by atoms with van der Waals surface area (Å²) in [7, 11) is 0. The van der Waals surface area contributed by atoms with E-state index >= 15 is 0 Å². The summed E-state index contributed by atoms with van der Waals surface area (Å²) >= 11 is 0. The predicted octanol–water partition coefficient (Wildman–Crippen LogP) is 4.35. The van der Waals surface area contributed by atoms with E-state index in [-0.39, 0.29) is 11.6 Å². The Labute approximate surface area is 131 Å². The van der Waals surface area contributed by atoms with Crippen LogP contribution in [0, 0.1) is 6.92 Å². The maximum atomic E-state index is 4.59. The molecule has 1 aromatic carbocycles. The van der Waals surface area contributed by atoms with Gasteiger partial charge in [-0.3, -0.25) is 4.98 Å². The smallest absolute Gasteiger partial charge is 0.0778 e. The molecule has 2 heterocycles. The molecule has 22 heavy (non-hydrogen) atoms. The van der Waals surface area contributed by atoms with Crippen LogP contribution in [0.15, 0.2) is 48.7 Å². The lowest BCUT2D eigenvalue weighted by molar-refractivity contribution is 0.387. The molecule has 0 spiro atoms. The number of rotatable bonds is 3. The second kappa shape index (κ2) is 5.58. The van der Waals surface area contributed by atoms with Gasteiger partial charge in [0.2, 0.25) is 0 Å². The Kier molecular flexibility index (Phi) is 3.75. The van der Waals surface area contributed by atoms with Crippen LogP contribution in [-0.4, -0.2) is 15.5 Å². The zero-order valence-electron chi connectivity index (χ0n) is 13.6. The van der Waals surface area contributed by atoms with Gasteiger partial charge in [-0.05, 0) is 45.9 Å². The molecule has 0 amide bonds. The SMILES string of the molecule is Cc1[nH]c2ccccc2c1C(NC(C)(C)C)c1ccccn1. The van der Waals surface area contributed by atoms with E-state index in [4.69, 9.17) is 0 Å². The molecular formula is C19H23N3. The van der Waals surface area contributed by atoms with Gasteiger partial charge in [-0.1, -0.05) is 24.3 Å². The number of nitrogens with zero attached hydrogens (tertiary/aromatic N) is 1. The summed E-state index contributed by atoms with van der Waals surface area (Å²) in [6.07, 6.45) is 1.86. The summed E-state index contributed by atoms with van der Waals surface area (Å²) in [4.78, 5) is 8.09. The Bertz CT molecular complexity index is 766. The average molecular weight is 293 g/mol. The van der Waals surface area contributed by atoms with Crippen LogP contribution in [0.5, 0.6) is 0 Å². The molecule has 0 saturated heterocycles. The van der Waals surface area contributed by atoms with Gasteiger partial charge < -0.3 is 10.3 Å². The lowest BCUT2D eigenvalue weighted by Gasteiger charge is -2.29. The summed E-state index contributed by atoms with van der Waals surface area (Å²) in [6, 6.07) is 14.6. The molecule has 0 saturated carbocycles. The molecule has 1 atom stereocenters. The summed E-state index contributed by atoms with van der Waals surface area (Å²) in [5.74, 6) is 0. The Morgan fingerprint density at radius 1 is 1.05 bits per heavy atom. The first-order valence-corrected chi connectivity index (χ1v) is 7.71. The van der Waals surface area contributed by atoms with Crippen LogP contribution in [0.4, 0.5) is 0 Å². The second-order valence-corrected chi connectivity index (χ2v) is 6.79. The third-order valence-corrected chi connectivity index (χ3v) is 3.79. The molecule has 0 radical (unpaired) electrons. The molecule has 3 aromatic rings. The second-order valence-electron chi connectivity index (χ2n) is 6.79. The fourth-order valence-corrected chi connectivity index (χ4v) is 2.94. The molecule has 1 unspecified atom stereocenters. The molecule has 2 N–H and O–H groups in total. The fourth-order valence-electron chi connectivity index (χ4n) is 2.94. The van der Waals surface area contributed by atoms with Gasteiger partial charge in [0.25, 0.3) is 0 Å². The van der Waals surface area contributed by atoms with E-state index in [2.05, 4.69) is 73.3 Å². The molecule has 0 aliphatic carbocycles. The monoisotopic (exact) mass is 293 g/mol. The van der Waals surface area contributed by atoms with Crippen LogP contribution >= 0.6 is 0 Å². The van der Waals surface area contributed by atoms with Crippen LogP contribution in [0.3, 0.4) is 0 Å². The molecule has 3 heteroatoms. The number of nitrogens with one attached hydrogen (secondary N) is 2. The van der Waals surface area contributed by atoms with Crippen molar-refractivity contribution in [3.63, 3.8) is 0 Å². The van der Waals surface area contributed by atoms with Gasteiger partial charge in [-0.25, -0.2) is 0 Å². The summed E-state index contributed by atoms with van der Waals surface area (Å²) in [5, 5.41) is 4.98. The van der Waals surface area contributed by atoms with Crippen LogP contribution < -0.4 is 5.32 Å². The topological polar surface area (TPSA) is 40.7 Å². The number of H-pyrrole nitrogens is 1. The highest BCUT2D eigenvalue weighted by Crippen LogP contribution is 2.32. The number of pyridine rings is 1. The van der Waals surface area contributed by atoms with Gasteiger partial charge in [-0.15, -0.1) is 0 Å². The predicted molar refractivity (Wildman–Crippen MR) is 92.0 cm³/mol. The van der Waals surface area contributed by atoms with Crippen molar-refractivity contribution in [3.8, 4) is 0 Å². The number of aromatic amines is 1. The normalized spacial score (nSPS) is 13.5. The van der Waals surface area contributed by atoms with Crippen molar-refractivity contribution in [2.75, 3.05) is 0 Å². The Morgan fingerprint density at radius 2 is 1.77 bits per heavy atom. The van der Waals surface area contributed by atoms with Crippen LogP contribution in [0.25, 0.3) is 10.9 Å². The molecule has 3 rings (SSSR count). The van der Waals surface area contributed by atoms with Crippen molar-refractivity contribution >= 4 is 10.9 Å². The van der Waals surface area contributed by atoms with E-state index in [1.165, 1.54) is 22.2 Å². The van der Waals surface area contributed by atoms with Crippen LogP contribution in [0.2, 0.25) is 0 Å². The fraction of sp³-hybridized carbons (Fsp3) is 0.316. The quantitative estimate of drug-likeness (QED) is 0.753. The highest BCUT2D eigenvalue weighted by atomic mass is 15.0. The lowest BCUT2D eigenvalue weighted by atomic mass is 9.96. The summed E-state index contributed by atoms with van der Waals surface area (Å²) in [5.41, 5.74) is 4.68. The summed E-state index contributed by atoms with van der Waals surface area (Å²) in [6.45, 7) is 8.70. The molecule has 114 valence electrons. The summed E-state index contributed by atoms with van der Waals surface area (Å²) < 4.78 is 0. The first kappa shape index (κ1) is 14.8. The molecule has 0 aliphatic rings. The van der Waals surface area contributed by atoms with E-state index in [9.17, 15) is 0 Å². The van der Waals surface area contributed by atoms with Crippen molar-refractivity contribution in [3.05, 3.63) is 65.6 Å². The molecular weight excluding hydrogens is 270 g/mol. The zero-order valence-corrected chi connectivity index (χ0v) is 13.6. The van der Waals surface area contributed by atoms with Crippen molar-refractivity contribution < 1.29 is 0 Å². The highest BCUT2D eigenvalue weighted by molar-refractivity contribution is 5.85. The van der Waals surface area contributed by atoms with Crippen molar-refractivity contribution in [1.29, 1.82) is 0 Å². The lowest BCUT2D eigenvalue weighted by Crippen LogP contribution is -2.39. The van der Waals surface area contributed by atoms with E-state index in [0.717, 1.165) is 5.69 Å². The number of para-hydroxylation sites is 1. The van der Waals surface area contributed by atoms with E-state index in [1.54, 1.807) is 0 Å². The van der Waals surface area contributed by atoms with Crippen LogP contribution in [0.1, 0.15) is 43.8 Å². The third-order valence-electron chi connectivity index (χ3n) is 3.79. The van der Waals surface area contributed by atoms with Gasteiger partial charge in [-0.2, -0.15) is 0 Å². The number of fused-ring (bicyclic) bond motifs is 1. The largest absolute Gasteiger partial charge is 0.358 e. The van der Waals surface area contributed by atoms with Crippen molar-refractivity contribution in [2.24, 2.45) is 0 Å². The minimum absolute atomic E-state index is 0.00694. The number of hydrogen-bond acceptors (Lipinski definition) is 2. The van der Waals surface area contributed by atoms with Gasteiger partial charge >= 0.3 is 0 Å². The standard InChI is InChI=1S/C19H23N3/c1-13-17(14-9-5-6-10-15(14)21-13)18(22-19(2,3)4)16-11-7-8-12-20-16/h5-12,18,21-22H,1-4H3. The van der Waals surface area contributed by atoms with Gasteiger partial charge in [0.15, 0.2) is 0 Å². The van der Waals surface area contributed by atoms with E-state index < -0.39 is 0 Å². The first-order valence-electron chi connectivity index (χ1n) is 7.71. The van der Waals surface area contributed by atoms with Crippen molar-refractivity contribution in [2.45, 2.75) is 39.3 Å². The maximum Gasteiger partial charge on any atom is 0.0778 e. The molecule has 3 nitrogen and oxygen atoms in total. The highest BCUT2D eigenvalue weighted by Gasteiger charge is 2.25. The molecule has 2 aromatic heterocycles. The van der Waals surface area contributed by atoms with E-state index in [1.807, 2.05) is 18.3 Å². The number of aryl methyl sites for hydroxylation is 1. The zero-order chi connectivity index (χ0) is 15.7. The average Bonchev–Trinajstić information content (AvgIpc) is 2.81. The van der Waals surface area contributed by atoms with Gasteiger partial charge in [0.05, 0.1) is 11.7 Å².